The van der Waals surface area contributed by atoms with E-state index in [0.717, 1.165) is 11.3 Å². The lowest BCUT2D eigenvalue weighted by atomic mass is 10.1. The highest BCUT2D eigenvalue weighted by molar-refractivity contribution is 6.25. The molecular weight excluding hydrogens is 540 g/mol. The minimum absolute atomic E-state index is 0.285. The largest absolute Gasteiger partial charge is 0.539 e. The fourth-order valence-corrected chi connectivity index (χ4v) is 4.01. The normalized spacial score (nSPS) is 14.1. The van der Waals surface area contributed by atoms with Gasteiger partial charge in [-0.3, -0.25) is 0 Å². The van der Waals surface area contributed by atoms with Gasteiger partial charge in [0.25, 0.3) is 0 Å². The fraction of sp³-hybridized carbons (Fsp3) is 0.0769. The van der Waals surface area contributed by atoms with Gasteiger partial charge in [0.05, 0.1) is 17.1 Å². The Kier molecular flexibility index (Phi) is 10.7. The molecule has 212 valence electrons. The summed E-state index contributed by atoms with van der Waals surface area (Å²) in [7, 11) is -0.313. The molecule has 0 saturated heterocycles. The predicted molar refractivity (Wildman–Crippen MR) is 169 cm³/mol. The molecule has 0 aliphatic heterocycles. The van der Waals surface area contributed by atoms with Crippen molar-refractivity contribution in [2.45, 2.75) is 6.92 Å². The molecule has 3 aromatic rings. The maximum absolute atomic E-state index is 9.50. The van der Waals surface area contributed by atoms with Gasteiger partial charge < -0.3 is 49.3 Å². The summed E-state index contributed by atoms with van der Waals surface area (Å²) in [5.41, 5.74) is 4.80. The smallest absolute Gasteiger partial charge is 0.504 e. The van der Waals surface area contributed by atoms with Crippen molar-refractivity contribution in [1.82, 2.24) is 0 Å². The summed E-state index contributed by atoms with van der Waals surface area (Å²) >= 11 is 0. The molecule has 0 radical (unpaired) electrons. The van der Waals surface area contributed by atoms with Crippen LogP contribution in [0.4, 0.5) is 28.4 Å². The molecule has 0 saturated carbocycles. The lowest BCUT2D eigenvalue weighted by Gasteiger charge is -2.16. The lowest BCUT2D eigenvalue weighted by molar-refractivity contribution is 0.389. The summed E-state index contributed by atoms with van der Waals surface area (Å²) in [6.07, 6.45) is 5.03. The molecule has 0 unspecified atom stereocenters. The summed E-state index contributed by atoms with van der Waals surface area (Å²) in [5.74, 6) is 1.52. The summed E-state index contributed by atoms with van der Waals surface area (Å²) in [6, 6.07) is 15.9. The molecule has 0 heterocycles. The quantitative estimate of drug-likeness (QED) is 0.131. The highest BCUT2D eigenvalue weighted by Crippen LogP contribution is 2.36. The average molecular weight is 568 g/mol. The van der Waals surface area contributed by atoms with Crippen molar-refractivity contribution in [2.75, 3.05) is 17.7 Å². The van der Waals surface area contributed by atoms with E-state index in [1.807, 2.05) is 19.1 Å². The zero-order valence-electron chi connectivity index (χ0n) is 23.1. The number of nitrogens with one attached hydrogen (secondary N) is 2. The van der Waals surface area contributed by atoms with Crippen LogP contribution in [0.25, 0.3) is 0 Å². The highest BCUT2D eigenvalue weighted by Gasteiger charge is 2.15. The van der Waals surface area contributed by atoms with Gasteiger partial charge in [0.2, 0.25) is 0 Å². The molecule has 0 amide bonds. The van der Waals surface area contributed by atoms with Crippen LogP contribution in [0.3, 0.4) is 0 Å². The molecule has 0 spiro atoms. The molecule has 0 atom stereocenters. The molecule has 0 aromatic heterocycles. The van der Waals surface area contributed by atoms with E-state index in [4.69, 9.17) is 23.6 Å². The van der Waals surface area contributed by atoms with Crippen LogP contribution in [0.5, 0.6) is 17.2 Å². The second kappa shape index (κ2) is 14.8. The maximum Gasteiger partial charge on any atom is 0.504 e. The minimum Gasteiger partial charge on any atom is -0.539 e. The van der Waals surface area contributed by atoms with Crippen LogP contribution in [-0.2, 0) is 4.65 Å². The molecular formula is C26H28B4N4O8. The number of aryl methyl sites for hydroxylation is 1. The van der Waals surface area contributed by atoms with E-state index in [1.165, 1.54) is 0 Å². The van der Waals surface area contributed by atoms with Crippen LogP contribution in [0.15, 0.2) is 88.6 Å². The first kappa shape index (κ1) is 30.3. The number of anilines is 3. The second-order valence-electron chi connectivity index (χ2n) is 8.69. The fourth-order valence-electron chi connectivity index (χ4n) is 4.01. The summed E-state index contributed by atoms with van der Waals surface area (Å²) in [5, 5.41) is 43.6. The monoisotopic (exact) mass is 568 g/mol. The standard InChI is InChI=1S/C26H28B4N4O8/c1-15-3-4-17(12-23(15)39-27-35)32-21-9-6-19(14-25(21)41-29-37)34-22-10-7-18(13-26(22)42-30-38)33-20-8-5-16(31-2)11-24(20)40-28-36/h3-14,27-31,33,35-38H,1-2H3. The third kappa shape index (κ3) is 7.77. The molecule has 1 aliphatic rings. The first-order chi connectivity index (χ1) is 20.5. The van der Waals surface area contributed by atoms with Gasteiger partial charge in [-0.25, -0.2) is 9.98 Å². The molecule has 1 aliphatic carbocycles. The third-order valence-electron chi connectivity index (χ3n) is 6.00. The third-order valence-corrected chi connectivity index (χ3v) is 6.00. The Labute approximate surface area is 245 Å². The molecule has 6 N–H and O–H groups in total. The Morgan fingerprint density at radius 2 is 1.38 bits per heavy atom. The lowest BCUT2D eigenvalue weighted by Crippen LogP contribution is -2.13. The minimum atomic E-state index is -0.574. The molecule has 0 bridgehead atoms. The van der Waals surface area contributed by atoms with E-state index in [2.05, 4.69) is 20.6 Å². The number of rotatable bonds is 13. The predicted octanol–water partition coefficient (Wildman–Crippen LogP) is 1.27. The van der Waals surface area contributed by atoms with Crippen molar-refractivity contribution >= 4 is 70.6 Å². The zero-order valence-corrected chi connectivity index (χ0v) is 23.1. The van der Waals surface area contributed by atoms with E-state index in [1.54, 1.807) is 67.7 Å². The number of benzene rings is 3. The first-order valence-corrected chi connectivity index (χ1v) is 12.8. The van der Waals surface area contributed by atoms with Crippen LogP contribution in [0.1, 0.15) is 5.56 Å². The van der Waals surface area contributed by atoms with E-state index in [9.17, 15) is 15.1 Å². The summed E-state index contributed by atoms with van der Waals surface area (Å²) < 4.78 is 21.4. The van der Waals surface area contributed by atoms with Crippen molar-refractivity contribution in [3.05, 3.63) is 84.1 Å². The first-order valence-electron chi connectivity index (χ1n) is 12.8. The van der Waals surface area contributed by atoms with Gasteiger partial charge in [0.15, 0.2) is 0 Å². The second-order valence-corrected chi connectivity index (χ2v) is 8.69. The Balaban J connectivity index is 1.62. The van der Waals surface area contributed by atoms with Crippen molar-refractivity contribution in [2.24, 2.45) is 9.98 Å². The van der Waals surface area contributed by atoms with Crippen LogP contribution in [0.2, 0.25) is 0 Å². The van der Waals surface area contributed by atoms with Crippen LogP contribution in [-0.4, -0.2) is 69.3 Å². The topological polar surface area (TPSA) is 167 Å². The molecule has 3 aromatic carbocycles. The van der Waals surface area contributed by atoms with Gasteiger partial charge >= 0.3 is 30.7 Å². The number of nitrogens with zero attached hydrogens (tertiary/aromatic N) is 2. The molecule has 42 heavy (non-hydrogen) atoms. The van der Waals surface area contributed by atoms with Gasteiger partial charge in [-0.1, -0.05) is 6.07 Å². The van der Waals surface area contributed by atoms with E-state index < -0.39 is 30.7 Å². The Morgan fingerprint density at radius 1 is 0.690 bits per heavy atom. The van der Waals surface area contributed by atoms with Crippen molar-refractivity contribution < 1.29 is 38.7 Å². The van der Waals surface area contributed by atoms with E-state index in [0.29, 0.717) is 51.4 Å². The van der Waals surface area contributed by atoms with Crippen LogP contribution < -0.4 is 24.6 Å². The van der Waals surface area contributed by atoms with E-state index >= 15 is 0 Å². The Bertz CT molecular complexity index is 1530. The van der Waals surface area contributed by atoms with Gasteiger partial charge in [-0.05, 0) is 55.0 Å². The van der Waals surface area contributed by atoms with Crippen LogP contribution >= 0.6 is 0 Å². The van der Waals surface area contributed by atoms with Gasteiger partial charge in [-0.15, -0.1) is 0 Å². The highest BCUT2D eigenvalue weighted by atomic mass is 16.5. The molecule has 16 heteroatoms. The van der Waals surface area contributed by atoms with Gasteiger partial charge in [0, 0.05) is 42.7 Å². The Hall–Kier alpha value is -4.62. The number of hydrogen-bond donors (Lipinski definition) is 6. The van der Waals surface area contributed by atoms with Gasteiger partial charge in [-0.2, -0.15) is 0 Å². The number of allylic oxidation sites excluding steroid dienone is 3. The summed E-state index contributed by atoms with van der Waals surface area (Å²) in [4.78, 5) is 9.22. The molecule has 0 fully saturated rings. The van der Waals surface area contributed by atoms with Gasteiger partial charge in [0.1, 0.15) is 34.4 Å². The van der Waals surface area contributed by atoms with Crippen molar-refractivity contribution in [3.63, 3.8) is 0 Å². The number of aliphatic imine (C=N–C) groups is 2. The summed E-state index contributed by atoms with van der Waals surface area (Å²) in [6.45, 7) is 1.85. The van der Waals surface area contributed by atoms with E-state index in [-0.39, 0.29) is 5.76 Å². The Morgan fingerprint density at radius 3 is 2.12 bits per heavy atom. The zero-order chi connectivity index (χ0) is 29.9. The van der Waals surface area contributed by atoms with Crippen LogP contribution in [0, 0.1) is 6.92 Å². The molecule has 12 nitrogen and oxygen atoms in total. The van der Waals surface area contributed by atoms with Crippen molar-refractivity contribution in [1.29, 1.82) is 0 Å². The average Bonchev–Trinajstić information content (AvgIpc) is 2.99. The number of hydrogen-bond acceptors (Lipinski definition) is 12. The molecule has 4 rings (SSSR count). The SMILES string of the molecule is CNc1ccc(Nc2ccc(N=C3C=CC(=Nc4ccc(C)c(OBO)c4)C(OBO)=C3)c(OBO)c2)c(OBO)c1. The van der Waals surface area contributed by atoms with Crippen molar-refractivity contribution in [3.8, 4) is 17.2 Å². The maximum atomic E-state index is 9.50.